The van der Waals surface area contributed by atoms with Crippen LogP contribution in [-0.2, 0) is 6.42 Å². The first-order valence-electron chi connectivity index (χ1n) is 8.07. The minimum absolute atomic E-state index is 0.122. The molecule has 0 saturated carbocycles. The van der Waals surface area contributed by atoms with Gasteiger partial charge in [-0.15, -0.1) is 11.3 Å². The van der Waals surface area contributed by atoms with Gasteiger partial charge >= 0.3 is 0 Å². The SMILES string of the molecule is Cc1ncsc1C(=O)N1CCC[C@H](CCc2ccc(F)cc2)C1. The topological polar surface area (TPSA) is 33.2 Å². The van der Waals surface area contributed by atoms with E-state index >= 15 is 0 Å². The maximum Gasteiger partial charge on any atom is 0.265 e. The average molecular weight is 332 g/mol. The summed E-state index contributed by atoms with van der Waals surface area (Å²) in [5.74, 6) is 0.450. The van der Waals surface area contributed by atoms with Crippen molar-refractivity contribution in [2.75, 3.05) is 13.1 Å². The van der Waals surface area contributed by atoms with Crippen LogP contribution in [0.4, 0.5) is 4.39 Å². The van der Waals surface area contributed by atoms with E-state index in [-0.39, 0.29) is 11.7 Å². The number of amides is 1. The highest BCUT2D eigenvalue weighted by atomic mass is 32.1. The molecule has 23 heavy (non-hydrogen) atoms. The highest BCUT2D eigenvalue weighted by Crippen LogP contribution is 2.24. The van der Waals surface area contributed by atoms with Crippen LogP contribution in [-0.4, -0.2) is 28.9 Å². The number of hydrogen-bond donors (Lipinski definition) is 0. The van der Waals surface area contributed by atoms with E-state index in [0.717, 1.165) is 54.9 Å². The molecule has 0 unspecified atom stereocenters. The highest BCUT2D eigenvalue weighted by Gasteiger charge is 2.26. The molecule has 3 rings (SSSR count). The molecule has 0 N–H and O–H groups in total. The third-order valence-corrected chi connectivity index (χ3v) is 5.42. The van der Waals surface area contributed by atoms with Crippen molar-refractivity contribution in [1.29, 1.82) is 0 Å². The Morgan fingerprint density at radius 3 is 2.87 bits per heavy atom. The Hall–Kier alpha value is -1.75. The van der Waals surface area contributed by atoms with E-state index in [2.05, 4.69) is 4.98 Å². The molecule has 0 bridgehead atoms. The van der Waals surface area contributed by atoms with Crippen LogP contribution in [0.25, 0.3) is 0 Å². The van der Waals surface area contributed by atoms with Crippen molar-refractivity contribution in [3.8, 4) is 0 Å². The number of halogens is 1. The van der Waals surface area contributed by atoms with Crippen molar-refractivity contribution in [3.63, 3.8) is 0 Å². The molecule has 3 nitrogen and oxygen atoms in total. The minimum Gasteiger partial charge on any atom is -0.338 e. The van der Waals surface area contributed by atoms with Crippen LogP contribution in [0.3, 0.4) is 0 Å². The molecule has 5 heteroatoms. The molecule has 1 aliphatic rings. The number of likely N-dealkylation sites (tertiary alicyclic amines) is 1. The third kappa shape index (κ3) is 3.96. The predicted octanol–water partition coefficient (Wildman–Crippen LogP) is 4.08. The molecule has 1 atom stereocenters. The molecule has 0 aliphatic carbocycles. The molecule has 2 heterocycles. The molecule has 122 valence electrons. The van der Waals surface area contributed by atoms with Crippen molar-refractivity contribution in [3.05, 3.63) is 51.7 Å². The van der Waals surface area contributed by atoms with E-state index in [1.807, 2.05) is 24.0 Å². The van der Waals surface area contributed by atoms with Gasteiger partial charge in [0.15, 0.2) is 0 Å². The number of aromatic nitrogens is 1. The van der Waals surface area contributed by atoms with E-state index in [1.165, 1.54) is 23.5 Å². The Labute approximate surface area is 140 Å². The normalized spacial score (nSPS) is 18.2. The average Bonchev–Trinajstić information content (AvgIpc) is 3.00. The zero-order valence-corrected chi connectivity index (χ0v) is 14.1. The lowest BCUT2D eigenvalue weighted by atomic mass is 9.91. The molecule has 1 aromatic heterocycles. The van der Waals surface area contributed by atoms with Crippen molar-refractivity contribution in [2.45, 2.75) is 32.6 Å². The molecule has 1 aliphatic heterocycles. The quantitative estimate of drug-likeness (QED) is 0.845. The monoisotopic (exact) mass is 332 g/mol. The second-order valence-corrected chi connectivity index (χ2v) is 7.05. The van der Waals surface area contributed by atoms with Gasteiger partial charge in [0.1, 0.15) is 10.7 Å². The fraction of sp³-hybridized carbons (Fsp3) is 0.444. The van der Waals surface area contributed by atoms with Crippen molar-refractivity contribution in [2.24, 2.45) is 5.92 Å². The zero-order valence-electron chi connectivity index (χ0n) is 13.3. The van der Waals surface area contributed by atoms with Crippen molar-refractivity contribution >= 4 is 17.2 Å². The van der Waals surface area contributed by atoms with Gasteiger partial charge in [0.2, 0.25) is 0 Å². The fourth-order valence-corrected chi connectivity index (χ4v) is 3.93. The lowest BCUT2D eigenvalue weighted by molar-refractivity contribution is 0.0672. The molecule has 0 spiro atoms. The van der Waals surface area contributed by atoms with E-state index < -0.39 is 0 Å². The van der Waals surface area contributed by atoms with Crippen LogP contribution in [0.5, 0.6) is 0 Å². The number of aryl methyl sites for hydroxylation is 2. The van der Waals surface area contributed by atoms with Crippen molar-refractivity contribution in [1.82, 2.24) is 9.88 Å². The van der Waals surface area contributed by atoms with Gasteiger partial charge in [-0.25, -0.2) is 9.37 Å². The van der Waals surface area contributed by atoms with E-state index in [0.29, 0.717) is 5.92 Å². The summed E-state index contributed by atoms with van der Waals surface area (Å²) in [7, 11) is 0. The van der Waals surface area contributed by atoms with E-state index in [9.17, 15) is 9.18 Å². The second-order valence-electron chi connectivity index (χ2n) is 6.19. The lowest BCUT2D eigenvalue weighted by Crippen LogP contribution is -2.40. The molecule has 0 radical (unpaired) electrons. The maximum atomic E-state index is 12.9. The largest absolute Gasteiger partial charge is 0.338 e. The molecule has 1 fully saturated rings. The Bertz CT molecular complexity index is 668. The summed E-state index contributed by atoms with van der Waals surface area (Å²) in [5, 5.41) is 0. The summed E-state index contributed by atoms with van der Waals surface area (Å²) < 4.78 is 12.9. The summed E-state index contributed by atoms with van der Waals surface area (Å²) in [6.45, 7) is 3.54. The highest BCUT2D eigenvalue weighted by molar-refractivity contribution is 7.11. The van der Waals surface area contributed by atoms with Crippen molar-refractivity contribution < 1.29 is 9.18 Å². The van der Waals surface area contributed by atoms with Crippen LogP contribution in [0.2, 0.25) is 0 Å². The van der Waals surface area contributed by atoms with Gasteiger partial charge < -0.3 is 4.90 Å². The van der Waals surface area contributed by atoms with Gasteiger partial charge in [0.05, 0.1) is 11.2 Å². The second kappa shape index (κ2) is 7.21. The van der Waals surface area contributed by atoms with Gasteiger partial charge in [-0.1, -0.05) is 12.1 Å². The van der Waals surface area contributed by atoms with Crippen LogP contribution >= 0.6 is 11.3 Å². The number of thiazole rings is 1. The van der Waals surface area contributed by atoms with Gasteiger partial charge in [0.25, 0.3) is 5.91 Å². The van der Waals surface area contributed by atoms with Gasteiger partial charge in [0, 0.05) is 13.1 Å². The molecular formula is C18H21FN2OS. The first kappa shape index (κ1) is 16.1. The lowest BCUT2D eigenvalue weighted by Gasteiger charge is -2.32. The molecule has 1 saturated heterocycles. The maximum absolute atomic E-state index is 12.9. The summed E-state index contributed by atoms with van der Waals surface area (Å²) >= 11 is 1.43. The summed E-state index contributed by atoms with van der Waals surface area (Å²) in [5.41, 5.74) is 3.72. The number of carbonyl (C=O) groups excluding carboxylic acids is 1. The van der Waals surface area contributed by atoms with Gasteiger partial charge in [-0.2, -0.15) is 0 Å². The number of nitrogens with zero attached hydrogens (tertiary/aromatic N) is 2. The number of hydrogen-bond acceptors (Lipinski definition) is 3. The van der Waals surface area contributed by atoms with Crippen LogP contribution < -0.4 is 0 Å². The Balaban J connectivity index is 1.57. The van der Waals surface area contributed by atoms with Crippen LogP contribution in [0, 0.1) is 18.7 Å². The first-order valence-corrected chi connectivity index (χ1v) is 8.95. The Morgan fingerprint density at radius 1 is 1.39 bits per heavy atom. The minimum atomic E-state index is -0.192. The number of piperidine rings is 1. The molecule has 1 amide bonds. The zero-order chi connectivity index (χ0) is 16.2. The third-order valence-electron chi connectivity index (χ3n) is 4.50. The number of rotatable bonds is 4. The summed E-state index contributed by atoms with van der Waals surface area (Å²) in [4.78, 5) is 19.5. The molecule has 2 aromatic rings. The van der Waals surface area contributed by atoms with Gasteiger partial charge in [-0.05, 0) is 56.2 Å². The number of benzene rings is 1. The number of carbonyl (C=O) groups is 1. The first-order chi connectivity index (χ1) is 11.1. The smallest absolute Gasteiger partial charge is 0.265 e. The van der Waals surface area contributed by atoms with E-state index in [1.54, 1.807) is 5.51 Å². The van der Waals surface area contributed by atoms with Gasteiger partial charge in [-0.3, -0.25) is 4.79 Å². The Kier molecular flexibility index (Phi) is 5.06. The summed E-state index contributed by atoms with van der Waals surface area (Å²) in [6, 6.07) is 6.72. The molecular weight excluding hydrogens is 311 g/mol. The molecule has 1 aromatic carbocycles. The predicted molar refractivity (Wildman–Crippen MR) is 90.2 cm³/mol. The Morgan fingerprint density at radius 2 is 2.17 bits per heavy atom. The van der Waals surface area contributed by atoms with Crippen LogP contribution in [0.15, 0.2) is 29.8 Å². The van der Waals surface area contributed by atoms with Crippen LogP contribution in [0.1, 0.15) is 40.2 Å². The summed E-state index contributed by atoms with van der Waals surface area (Å²) in [6.07, 6.45) is 4.19. The fourth-order valence-electron chi connectivity index (χ4n) is 3.16. The standard InChI is InChI=1S/C18H21FN2OS/c1-13-17(23-12-20-13)18(22)21-10-2-3-15(11-21)5-4-14-6-8-16(19)9-7-14/h6-9,12,15H,2-5,10-11H2,1H3/t15-/m1/s1. The van der Waals surface area contributed by atoms with E-state index in [4.69, 9.17) is 0 Å².